The van der Waals surface area contributed by atoms with Gasteiger partial charge in [-0.1, -0.05) is 37.6 Å². The molecule has 1 aromatic rings. The van der Waals surface area contributed by atoms with Gasteiger partial charge in [0.15, 0.2) is 0 Å². The predicted molar refractivity (Wildman–Crippen MR) is 72.2 cm³/mol. The Bertz CT molecular complexity index is 392. The van der Waals surface area contributed by atoms with Crippen molar-refractivity contribution in [2.75, 3.05) is 13.7 Å². The molecule has 0 aliphatic heterocycles. The molecule has 0 amide bonds. The number of hydrogen-bond acceptors (Lipinski definition) is 2. The SMILES string of the molecule is COc1ccc(C)cc1/C=C/CC(C)(C)CO. The van der Waals surface area contributed by atoms with Crippen LogP contribution in [0.2, 0.25) is 0 Å². The van der Waals surface area contributed by atoms with Crippen LogP contribution in [-0.2, 0) is 0 Å². The van der Waals surface area contributed by atoms with Crippen LogP contribution in [0, 0.1) is 12.3 Å². The fourth-order valence-corrected chi connectivity index (χ4v) is 1.55. The third kappa shape index (κ3) is 4.23. The zero-order valence-electron chi connectivity index (χ0n) is 11.2. The molecule has 0 aliphatic rings. The van der Waals surface area contributed by atoms with Crippen LogP contribution in [0.1, 0.15) is 31.4 Å². The number of ether oxygens (including phenoxy) is 1. The molecule has 0 aliphatic carbocycles. The number of aliphatic hydroxyl groups excluding tert-OH is 1. The first-order valence-corrected chi connectivity index (χ1v) is 5.90. The summed E-state index contributed by atoms with van der Waals surface area (Å²) in [7, 11) is 1.68. The van der Waals surface area contributed by atoms with Gasteiger partial charge in [-0.05, 0) is 30.9 Å². The number of benzene rings is 1. The second kappa shape index (κ2) is 5.87. The van der Waals surface area contributed by atoms with Crippen molar-refractivity contribution in [3.05, 3.63) is 35.4 Å². The molecule has 0 saturated carbocycles. The van der Waals surface area contributed by atoms with E-state index in [1.54, 1.807) is 7.11 Å². The molecule has 0 spiro atoms. The topological polar surface area (TPSA) is 29.5 Å². The first-order valence-electron chi connectivity index (χ1n) is 5.90. The van der Waals surface area contributed by atoms with E-state index in [0.717, 1.165) is 17.7 Å². The monoisotopic (exact) mass is 234 g/mol. The van der Waals surface area contributed by atoms with Gasteiger partial charge in [0.1, 0.15) is 5.75 Å². The highest BCUT2D eigenvalue weighted by Gasteiger charge is 2.13. The molecule has 0 heterocycles. The molecule has 94 valence electrons. The van der Waals surface area contributed by atoms with Crippen LogP contribution in [0.25, 0.3) is 6.08 Å². The number of aryl methyl sites for hydroxylation is 1. The maximum atomic E-state index is 9.18. The van der Waals surface area contributed by atoms with E-state index in [1.165, 1.54) is 5.56 Å². The maximum absolute atomic E-state index is 9.18. The van der Waals surface area contributed by atoms with Crippen LogP contribution in [0.3, 0.4) is 0 Å². The minimum atomic E-state index is -0.0619. The van der Waals surface area contributed by atoms with Crippen LogP contribution in [0.5, 0.6) is 5.75 Å². The van der Waals surface area contributed by atoms with Crippen LogP contribution < -0.4 is 4.74 Å². The molecular weight excluding hydrogens is 212 g/mol. The Hall–Kier alpha value is -1.28. The Balaban J connectivity index is 2.80. The lowest BCUT2D eigenvalue weighted by molar-refractivity contribution is 0.162. The number of allylic oxidation sites excluding steroid dienone is 1. The second-order valence-electron chi connectivity index (χ2n) is 5.17. The molecule has 1 aromatic carbocycles. The van der Waals surface area contributed by atoms with Crippen molar-refractivity contribution in [2.45, 2.75) is 27.2 Å². The van der Waals surface area contributed by atoms with Gasteiger partial charge in [0, 0.05) is 12.2 Å². The average molecular weight is 234 g/mol. The first-order chi connectivity index (χ1) is 7.98. The van der Waals surface area contributed by atoms with Crippen molar-refractivity contribution >= 4 is 6.08 Å². The normalized spacial score (nSPS) is 12.1. The van der Waals surface area contributed by atoms with E-state index >= 15 is 0 Å². The van der Waals surface area contributed by atoms with Crippen molar-refractivity contribution in [1.29, 1.82) is 0 Å². The largest absolute Gasteiger partial charge is 0.496 e. The van der Waals surface area contributed by atoms with Crippen LogP contribution in [0.15, 0.2) is 24.3 Å². The number of methoxy groups -OCH3 is 1. The number of hydrogen-bond donors (Lipinski definition) is 1. The minimum absolute atomic E-state index is 0.0619. The Morgan fingerprint density at radius 1 is 1.35 bits per heavy atom. The van der Waals surface area contributed by atoms with Gasteiger partial charge in [0.2, 0.25) is 0 Å². The highest BCUT2D eigenvalue weighted by Crippen LogP contribution is 2.24. The zero-order valence-corrected chi connectivity index (χ0v) is 11.2. The summed E-state index contributed by atoms with van der Waals surface area (Å²) in [5, 5.41) is 9.18. The molecule has 0 aromatic heterocycles. The van der Waals surface area contributed by atoms with Crippen molar-refractivity contribution < 1.29 is 9.84 Å². The zero-order chi connectivity index (χ0) is 12.9. The minimum Gasteiger partial charge on any atom is -0.496 e. The van der Waals surface area contributed by atoms with E-state index in [0.29, 0.717) is 0 Å². The van der Waals surface area contributed by atoms with Gasteiger partial charge in [-0.25, -0.2) is 0 Å². The lowest BCUT2D eigenvalue weighted by atomic mass is 9.90. The summed E-state index contributed by atoms with van der Waals surface area (Å²) in [5.74, 6) is 0.883. The van der Waals surface area contributed by atoms with Gasteiger partial charge in [-0.15, -0.1) is 0 Å². The molecule has 2 nitrogen and oxygen atoms in total. The Morgan fingerprint density at radius 3 is 2.65 bits per heavy atom. The predicted octanol–water partition coefficient (Wildman–Crippen LogP) is 3.43. The first kappa shape index (κ1) is 13.8. The summed E-state index contributed by atoms with van der Waals surface area (Å²) in [6, 6.07) is 6.11. The molecule has 0 radical (unpaired) electrons. The smallest absolute Gasteiger partial charge is 0.126 e. The number of aliphatic hydroxyl groups is 1. The fourth-order valence-electron chi connectivity index (χ4n) is 1.55. The fraction of sp³-hybridized carbons (Fsp3) is 0.467. The summed E-state index contributed by atoms with van der Waals surface area (Å²) >= 11 is 0. The molecule has 2 heteroatoms. The third-order valence-electron chi connectivity index (χ3n) is 2.78. The molecule has 0 atom stereocenters. The van der Waals surface area contributed by atoms with Gasteiger partial charge in [0.05, 0.1) is 7.11 Å². The molecule has 0 bridgehead atoms. The Labute approximate surface area is 104 Å². The third-order valence-corrected chi connectivity index (χ3v) is 2.78. The lowest BCUT2D eigenvalue weighted by Gasteiger charge is -2.18. The van der Waals surface area contributed by atoms with Crippen LogP contribution >= 0.6 is 0 Å². The van der Waals surface area contributed by atoms with Gasteiger partial charge in [0.25, 0.3) is 0 Å². The summed E-state index contributed by atoms with van der Waals surface area (Å²) in [5.41, 5.74) is 2.24. The van der Waals surface area contributed by atoms with E-state index in [-0.39, 0.29) is 12.0 Å². The van der Waals surface area contributed by atoms with Gasteiger partial charge < -0.3 is 9.84 Å². The summed E-state index contributed by atoms with van der Waals surface area (Å²) in [6.45, 7) is 6.35. The van der Waals surface area contributed by atoms with Crippen molar-refractivity contribution in [3.63, 3.8) is 0 Å². The highest BCUT2D eigenvalue weighted by atomic mass is 16.5. The van der Waals surface area contributed by atoms with Gasteiger partial charge in [-0.3, -0.25) is 0 Å². The van der Waals surface area contributed by atoms with Crippen molar-refractivity contribution in [2.24, 2.45) is 5.41 Å². The molecule has 1 rings (SSSR count). The molecule has 1 N–H and O–H groups in total. The summed E-state index contributed by atoms with van der Waals surface area (Å²) < 4.78 is 5.31. The van der Waals surface area contributed by atoms with Crippen molar-refractivity contribution in [3.8, 4) is 5.75 Å². The Morgan fingerprint density at radius 2 is 2.06 bits per heavy atom. The molecule has 17 heavy (non-hydrogen) atoms. The van der Waals surface area contributed by atoms with E-state index in [2.05, 4.69) is 25.1 Å². The van der Waals surface area contributed by atoms with Gasteiger partial charge >= 0.3 is 0 Å². The van der Waals surface area contributed by atoms with Crippen LogP contribution in [0.4, 0.5) is 0 Å². The maximum Gasteiger partial charge on any atom is 0.126 e. The number of rotatable bonds is 5. The lowest BCUT2D eigenvalue weighted by Crippen LogP contribution is -2.14. The molecular formula is C15H22O2. The molecule has 0 fully saturated rings. The van der Waals surface area contributed by atoms with Crippen molar-refractivity contribution in [1.82, 2.24) is 0 Å². The van der Waals surface area contributed by atoms with E-state index in [9.17, 15) is 5.11 Å². The Kier molecular flexibility index (Phi) is 4.76. The quantitative estimate of drug-likeness (QED) is 0.845. The summed E-state index contributed by atoms with van der Waals surface area (Å²) in [4.78, 5) is 0. The van der Waals surface area contributed by atoms with E-state index in [1.807, 2.05) is 26.0 Å². The molecule has 0 unspecified atom stereocenters. The average Bonchev–Trinajstić information content (AvgIpc) is 2.29. The standard InChI is InChI=1S/C15H22O2/c1-12-7-8-14(17-4)13(10-12)6-5-9-15(2,3)11-16/h5-8,10,16H,9,11H2,1-4H3/b6-5+. The highest BCUT2D eigenvalue weighted by molar-refractivity contribution is 5.58. The van der Waals surface area contributed by atoms with E-state index in [4.69, 9.17) is 4.74 Å². The van der Waals surface area contributed by atoms with Gasteiger partial charge in [-0.2, -0.15) is 0 Å². The second-order valence-corrected chi connectivity index (χ2v) is 5.17. The summed E-state index contributed by atoms with van der Waals surface area (Å²) in [6.07, 6.45) is 5.00. The van der Waals surface area contributed by atoms with E-state index < -0.39 is 0 Å². The molecule has 0 saturated heterocycles. The van der Waals surface area contributed by atoms with Crippen LogP contribution in [-0.4, -0.2) is 18.8 Å².